The van der Waals surface area contributed by atoms with Gasteiger partial charge in [0.1, 0.15) is 0 Å². The maximum atomic E-state index is 13.1. The Morgan fingerprint density at radius 3 is 1.87 bits per heavy atom. The van der Waals surface area contributed by atoms with Crippen LogP contribution in [0.3, 0.4) is 0 Å². The fraction of sp³-hybridized carbons (Fsp3) is 0.240. The number of piperidine rings is 1. The van der Waals surface area contributed by atoms with E-state index in [1.54, 1.807) is 30.3 Å². The van der Waals surface area contributed by atoms with Gasteiger partial charge in [-0.05, 0) is 47.2 Å². The Bertz CT molecular complexity index is 1170. The summed E-state index contributed by atoms with van der Waals surface area (Å²) in [5.74, 6) is -0.199. The number of nitrogens with one attached hydrogen (secondary N) is 1. The summed E-state index contributed by atoms with van der Waals surface area (Å²) in [7, 11) is -3.51. The van der Waals surface area contributed by atoms with E-state index in [2.05, 4.69) is 29.6 Å². The van der Waals surface area contributed by atoms with Crippen molar-refractivity contribution in [3.05, 3.63) is 90.0 Å². The molecule has 5 rings (SSSR count). The lowest BCUT2D eigenvalue weighted by molar-refractivity contribution is -0.126. The van der Waals surface area contributed by atoms with Crippen molar-refractivity contribution >= 4 is 15.9 Å². The van der Waals surface area contributed by atoms with Crippen molar-refractivity contribution in [3.8, 4) is 11.1 Å². The van der Waals surface area contributed by atoms with Crippen LogP contribution in [-0.2, 0) is 14.8 Å². The summed E-state index contributed by atoms with van der Waals surface area (Å²) in [4.78, 5) is 13.4. The Kier molecular flexibility index (Phi) is 5.12. The van der Waals surface area contributed by atoms with Gasteiger partial charge in [0.05, 0.1) is 10.9 Å². The van der Waals surface area contributed by atoms with Gasteiger partial charge in [0, 0.05) is 19.0 Å². The van der Waals surface area contributed by atoms with Crippen molar-refractivity contribution in [2.45, 2.75) is 23.8 Å². The molecule has 1 aliphatic heterocycles. The number of carbonyl (C=O) groups is 1. The standard InChI is InChI=1S/C25H24N2O3S/c28-25(18-14-16-27(17-15-18)31(29,30)19-8-2-1-3-9-19)26-24-22-12-6-4-10-20(22)21-11-5-7-13-23(21)24/h1-13,18,24H,14-17H2,(H,26,28). The van der Waals surface area contributed by atoms with Crippen molar-refractivity contribution < 1.29 is 13.2 Å². The first-order valence-electron chi connectivity index (χ1n) is 10.6. The molecule has 0 aromatic heterocycles. The van der Waals surface area contributed by atoms with E-state index in [4.69, 9.17) is 0 Å². The van der Waals surface area contributed by atoms with Crippen LogP contribution in [0.15, 0.2) is 83.8 Å². The Morgan fingerprint density at radius 2 is 1.29 bits per heavy atom. The van der Waals surface area contributed by atoms with E-state index in [1.165, 1.54) is 4.31 Å². The molecule has 1 amide bonds. The minimum atomic E-state index is -3.51. The minimum Gasteiger partial charge on any atom is -0.345 e. The summed E-state index contributed by atoms with van der Waals surface area (Å²) in [5.41, 5.74) is 4.54. The molecule has 3 aromatic rings. The van der Waals surface area contributed by atoms with Crippen LogP contribution in [0.4, 0.5) is 0 Å². The second-order valence-electron chi connectivity index (χ2n) is 8.11. The molecule has 6 heteroatoms. The highest BCUT2D eigenvalue weighted by molar-refractivity contribution is 7.89. The second-order valence-corrected chi connectivity index (χ2v) is 10.0. The predicted octanol–water partition coefficient (Wildman–Crippen LogP) is 3.97. The van der Waals surface area contributed by atoms with Crippen LogP contribution in [0, 0.1) is 5.92 Å². The minimum absolute atomic E-state index is 0.00624. The SMILES string of the molecule is O=C(NC1c2ccccc2-c2ccccc21)C1CCN(S(=O)(=O)c2ccccc2)CC1. The number of benzene rings is 3. The summed E-state index contributed by atoms with van der Waals surface area (Å²) in [5, 5.41) is 3.24. The number of rotatable bonds is 4. The quantitative estimate of drug-likeness (QED) is 0.678. The zero-order valence-corrected chi connectivity index (χ0v) is 17.9. The molecular weight excluding hydrogens is 408 g/mol. The molecule has 5 nitrogen and oxygen atoms in total. The molecule has 2 aliphatic rings. The van der Waals surface area contributed by atoms with Crippen LogP contribution < -0.4 is 5.32 Å². The highest BCUT2D eigenvalue weighted by Crippen LogP contribution is 2.43. The van der Waals surface area contributed by atoms with E-state index in [1.807, 2.05) is 24.3 Å². The lowest BCUT2D eigenvalue weighted by Gasteiger charge is -2.31. The van der Waals surface area contributed by atoms with Gasteiger partial charge in [0.15, 0.2) is 0 Å². The number of carbonyl (C=O) groups excluding carboxylic acids is 1. The van der Waals surface area contributed by atoms with Crippen LogP contribution >= 0.6 is 0 Å². The largest absolute Gasteiger partial charge is 0.345 e. The molecule has 0 atom stereocenters. The van der Waals surface area contributed by atoms with E-state index in [0.717, 1.165) is 22.3 Å². The van der Waals surface area contributed by atoms with Crippen molar-refractivity contribution in [2.75, 3.05) is 13.1 Å². The lowest BCUT2D eigenvalue weighted by Crippen LogP contribution is -2.43. The van der Waals surface area contributed by atoms with Crippen LogP contribution in [0.5, 0.6) is 0 Å². The fourth-order valence-corrected chi connectivity index (χ4v) is 6.16. The first kappa shape index (κ1) is 20.0. The summed E-state index contributed by atoms with van der Waals surface area (Å²) in [6.45, 7) is 0.709. The Morgan fingerprint density at radius 1 is 0.774 bits per heavy atom. The van der Waals surface area contributed by atoms with Gasteiger partial charge in [0.25, 0.3) is 0 Å². The molecule has 1 fully saturated rings. The number of hydrogen-bond donors (Lipinski definition) is 1. The number of hydrogen-bond acceptors (Lipinski definition) is 3. The molecule has 0 spiro atoms. The summed E-state index contributed by atoms with van der Waals surface area (Å²) in [6, 6.07) is 24.7. The van der Waals surface area contributed by atoms with Crippen molar-refractivity contribution in [2.24, 2.45) is 5.92 Å². The first-order chi connectivity index (χ1) is 15.1. The smallest absolute Gasteiger partial charge is 0.243 e. The Hall–Kier alpha value is -2.96. The molecule has 0 saturated carbocycles. The third kappa shape index (κ3) is 3.56. The van der Waals surface area contributed by atoms with Crippen LogP contribution in [0.1, 0.15) is 30.0 Å². The molecule has 3 aromatic carbocycles. The van der Waals surface area contributed by atoms with Gasteiger partial charge in [-0.1, -0.05) is 66.7 Å². The third-order valence-corrected chi connectivity index (χ3v) is 8.24. The van der Waals surface area contributed by atoms with Gasteiger partial charge in [-0.3, -0.25) is 4.79 Å². The number of sulfonamides is 1. The molecule has 158 valence electrons. The van der Waals surface area contributed by atoms with E-state index in [0.29, 0.717) is 30.8 Å². The van der Waals surface area contributed by atoms with Crippen LogP contribution in [-0.4, -0.2) is 31.7 Å². The highest BCUT2D eigenvalue weighted by atomic mass is 32.2. The molecule has 1 saturated heterocycles. The summed E-state index contributed by atoms with van der Waals surface area (Å²) < 4.78 is 27.2. The lowest BCUT2D eigenvalue weighted by atomic mass is 9.96. The molecule has 0 radical (unpaired) electrons. The van der Waals surface area contributed by atoms with Gasteiger partial charge in [-0.15, -0.1) is 0 Å². The number of fused-ring (bicyclic) bond motifs is 3. The number of nitrogens with zero attached hydrogens (tertiary/aromatic N) is 1. The van der Waals surface area contributed by atoms with E-state index >= 15 is 0 Å². The average molecular weight is 433 g/mol. The van der Waals surface area contributed by atoms with Gasteiger partial charge in [-0.25, -0.2) is 8.42 Å². The molecule has 1 aliphatic carbocycles. The van der Waals surface area contributed by atoms with Crippen molar-refractivity contribution in [1.29, 1.82) is 0 Å². The molecule has 1 heterocycles. The predicted molar refractivity (Wildman–Crippen MR) is 120 cm³/mol. The van der Waals surface area contributed by atoms with Crippen molar-refractivity contribution in [1.82, 2.24) is 9.62 Å². The third-order valence-electron chi connectivity index (χ3n) is 6.33. The maximum Gasteiger partial charge on any atom is 0.243 e. The Labute approximate surface area is 182 Å². The van der Waals surface area contributed by atoms with E-state index in [-0.39, 0.29) is 17.9 Å². The normalized spacial score (nSPS) is 17.2. The van der Waals surface area contributed by atoms with Gasteiger partial charge in [-0.2, -0.15) is 4.31 Å². The molecular formula is C25H24N2O3S. The average Bonchev–Trinajstić information content (AvgIpc) is 3.13. The van der Waals surface area contributed by atoms with Gasteiger partial charge >= 0.3 is 0 Å². The summed E-state index contributed by atoms with van der Waals surface area (Å²) >= 11 is 0. The van der Waals surface area contributed by atoms with E-state index < -0.39 is 10.0 Å². The topological polar surface area (TPSA) is 66.5 Å². The van der Waals surface area contributed by atoms with Gasteiger partial charge in [0.2, 0.25) is 15.9 Å². The molecule has 1 N–H and O–H groups in total. The van der Waals surface area contributed by atoms with Gasteiger partial charge < -0.3 is 5.32 Å². The zero-order valence-electron chi connectivity index (χ0n) is 17.1. The molecule has 0 bridgehead atoms. The monoisotopic (exact) mass is 432 g/mol. The fourth-order valence-electron chi connectivity index (χ4n) is 4.67. The van der Waals surface area contributed by atoms with E-state index in [9.17, 15) is 13.2 Å². The van der Waals surface area contributed by atoms with Crippen LogP contribution in [0.2, 0.25) is 0 Å². The molecule has 0 unspecified atom stereocenters. The van der Waals surface area contributed by atoms with Crippen molar-refractivity contribution in [3.63, 3.8) is 0 Å². The highest BCUT2D eigenvalue weighted by Gasteiger charge is 2.35. The summed E-state index contributed by atoms with van der Waals surface area (Å²) in [6.07, 6.45) is 1.04. The number of amides is 1. The second kappa shape index (κ2) is 7.94. The van der Waals surface area contributed by atoms with Crippen LogP contribution in [0.25, 0.3) is 11.1 Å². The Balaban J connectivity index is 1.29. The zero-order chi connectivity index (χ0) is 21.4. The maximum absolute atomic E-state index is 13.1. The first-order valence-corrected chi connectivity index (χ1v) is 12.0. The molecule has 31 heavy (non-hydrogen) atoms.